The van der Waals surface area contributed by atoms with Gasteiger partial charge in [-0.05, 0) is 11.6 Å². The predicted octanol–water partition coefficient (Wildman–Crippen LogP) is 0.552. The van der Waals surface area contributed by atoms with Gasteiger partial charge >= 0.3 is 5.97 Å². The number of hydrogen-bond donors (Lipinski definition) is 0. The quantitative estimate of drug-likeness (QED) is 0.450. The van der Waals surface area contributed by atoms with Crippen molar-refractivity contribution in [3.8, 4) is 0 Å². The third kappa shape index (κ3) is 2.94. The van der Waals surface area contributed by atoms with E-state index < -0.39 is 11.9 Å². The molecule has 3 rings (SSSR count). The van der Waals surface area contributed by atoms with E-state index in [9.17, 15) is 19.5 Å². The van der Waals surface area contributed by atoms with Crippen molar-refractivity contribution in [2.75, 3.05) is 12.4 Å². The molecule has 1 amide bonds. The molecule has 0 aliphatic carbocycles. The molecule has 2 aliphatic rings. The molecule has 0 N–H and O–H groups in total. The smallest absolute Gasteiger partial charge is 0.302 e. The van der Waals surface area contributed by atoms with Crippen LogP contribution >= 0.6 is 11.8 Å². The maximum Gasteiger partial charge on any atom is 0.302 e. The third-order valence-electron chi connectivity index (χ3n) is 3.72. The number of carboxylic acid groups (broad SMARTS) is 1. The lowest BCUT2D eigenvalue weighted by molar-refractivity contribution is -0.301. The van der Waals surface area contributed by atoms with Crippen LogP contribution in [0.1, 0.15) is 12.5 Å². The standard InChI is InChI=1S/C17H15NO5S/c1-10(19)23-8-12-9-24-16-13(7-11-5-3-2-4-6-11)15(20)18(16)14(12)17(21)22/h2-7,16H,8-9H2,1H3,(H,21,22)/p-1/b13-7-/t16-/m1/s1. The summed E-state index contributed by atoms with van der Waals surface area (Å²) in [4.78, 5) is 36.0. The fourth-order valence-corrected chi connectivity index (χ4v) is 3.91. The highest BCUT2D eigenvalue weighted by Crippen LogP contribution is 2.43. The van der Waals surface area contributed by atoms with E-state index in [2.05, 4.69) is 0 Å². The Morgan fingerprint density at radius 1 is 1.38 bits per heavy atom. The van der Waals surface area contributed by atoms with Gasteiger partial charge in [0, 0.05) is 18.2 Å². The summed E-state index contributed by atoms with van der Waals surface area (Å²) in [5.41, 5.74) is 1.62. The number of esters is 1. The van der Waals surface area contributed by atoms with E-state index in [1.807, 2.05) is 30.3 Å². The molecule has 24 heavy (non-hydrogen) atoms. The van der Waals surface area contributed by atoms with Gasteiger partial charge < -0.3 is 14.6 Å². The fraction of sp³-hybridized carbons (Fsp3) is 0.235. The van der Waals surface area contributed by atoms with Gasteiger partial charge in [-0.1, -0.05) is 30.3 Å². The Bertz CT molecular complexity index is 768. The van der Waals surface area contributed by atoms with Crippen LogP contribution in [-0.4, -0.2) is 40.5 Å². The first-order valence-electron chi connectivity index (χ1n) is 7.27. The van der Waals surface area contributed by atoms with Crippen molar-refractivity contribution >= 4 is 35.7 Å². The van der Waals surface area contributed by atoms with Gasteiger partial charge in [0.05, 0.1) is 17.2 Å². The molecule has 0 saturated carbocycles. The molecule has 0 unspecified atom stereocenters. The van der Waals surface area contributed by atoms with Crippen molar-refractivity contribution < 1.29 is 24.2 Å². The summed E-state index contributed by atoms with van der Waals surface area (Å²) in [7, 11) is 0. The molecule has 2 aliphatic heterocycles. The normalized spacial score (nSPS) is 21.4. The van der Waals surface area contributed by atoms with E-state index in [0.717, 1.165) is 5.56 Å². The second kappa shape index (κ2) is 6.52. The first-order chi connectivity index (χ1) is 11.5. The zero-order chi connectivity index (χ0) is 17.3. The maximum atomic E-state index is 12.4. The zero-order valence-corrected chi connectivity index (χ0v) is 13.7. The van der Waals surface area contributed by atoms with Gasteiger partial charge in [-0.15, -0.1) is 11.8 Å². The van der Waals surface area contributed by atoms with Crippen LogP contribution in [0.3, 0.4) is 0 Å². The molecule has 0 radical (unpaired) electrons. The monoisotopic (exact) mass is 344 g/mol. The fourth-order valence-electron chi connectivity index (χ4n) is 2.63. The van der Waals surface area contributed by atoms with Crippen LogP contribution in [0, 0.1) is 0 Å². The molecule has 1 atom stereocenters. The van der Waals surface area contributed by atoms with E-state index in [0.29, 0.717) is 16.9 Å². The molecule has 124 valence electrons. The number of benzene rings is 1. The topological polar surface area (TPSA) is 86.7 Å². The molecule has 7 heteroatoms. The van der Waals surface area contributed by atoms with Gasteiger partial charge in [-0.25, -0.2) is 0 Å². The van der Waals surface area contributed by atoms with Gasteiger partial charge in [0.25, 0.3) is 5.91 Å². The van der Waals surface area contributed by atoms with Gasteiger partial charge in [-0.3, -0.25) is 14.5 Å². The number of carbonyl (C=O) groups excluding carboxylic acids is 3. The summed E-state index contributed by atoms with van der Waals surface area (Å²) in [6.07, 6.45) is 1.76. The molecule has 0 spiro atoms. The molecular formula is C17H14NO5S-. The second-order valence-corrected chi connectivity index (χ2v) is 6.44. The summed E-state index contributed by atoms with van der Waals surface area (Å²) in [6.45, 7) is 1.09. The van der Waals surface area contributed by atoms with Crippen LogP contribution < -0.4 is 5.11 Å². The van der Waals surface area contributed by atoms with Crippen molar-refractivity contribution in [1.82, 2.24) is 4.90 Å². The minimum Gasteiger partial charge on any atom is -0.543 e. The lowest BCUT2D eigenvalue weighted by atomic mass is 9.99. The molecule has 1 aromatic carbocycles. The number of ether oxygens (including phenoxy) is 1. The number of thioether (sulfide) groups is 1. The van der Waals surface area contributed by atoms with Crippen LogP contribution in [0.2, 0.25) is 0 Å². The van der Waals surface area contributed by atoms with Crippen LogP contribution in [0.4, 0.5) is 0 Å². The van der Waals surface area contributed by atoms with E-state index in [4.69, 9.17) is 4.74 Å². The number of β-lactam (4-membered cyclic amide) rings is 1. The van der Waals surface area contributed by atoms with Crippen molar-refractivity contribution in [1.29, 1.82) is 0 Å². The number of carbonyl (C=O) groups is 3. The maximum absolute atomic E-state index is 12.4. The van der Waals surface area contributed by atoms with Gasteiger partial charge in [-0.2, -0.15) is 0 Å². The van der Waals surface area contributed by atoms with E-state index in [1.54, 1.807) is 6.08 Å². The summed E-state index contributed by atoms with van der Waals surface area (Å²) in [6, 6.07) is 9.36. The lowest BCUT2D eigenvalue weighted by Gasteiger charge is -2.47. The number of fused-ring (bicyclic) bond motifs is 1. The SMILES string of the molecule is CC(=O)OCC1=C(C(=O)[O-])N2C(=O)/C(=C/c3ccccc3)[C@H]2SC1. The molecule has 6 nitrogen and oxygen atoms in total. The number of hydrogen-bond acceptors (Lipinski definition) is 6. The summed E-state index contributed by atoms with van der Waals surface area (Å²) in [5, 5.41) is 11.1. The Hall–Kier alpha value is -2.54. The van der Waals surface area contributed by atoms with Gasteiger partial charge in [0.1, 0.15) is 12.0 Å². The molecule has 0 bridgehead atoms. The summed E-state index contributed by atoms with van der Waals surface area (Å²) in [5.74, 6) is -1.95. The molecule has 0 aromatic heterocycles. The largest absolute Gasteiger partial charge is 0.543 e. The number of rotatable bonds is 4. The third-order valence-corrected chi connectivity index (χ3v) is 5.02. The Kier molecular flexibility index (Phi) is 4.44. The molecular weight excluding hydrogens is 330 g/mol. The predicted molar refractivity (Wildman–Crippen MR) is 86.2 cm³/mol. The first-order valence-corrected chi connectivity index (χ1v) is 8.32. The molecule has 2 heterocycles. The molecule has 1 saturated heterocycles. The van der Waals surface area contributed by atoms with Gasteiger partial charge in [0.2, 0.25) is 0 Å². The number of carboxylic acids is 1. The number of nitrogens with zero attached hydrogens (tertiary/aromatic N) is 1. The van der Waals surface area contributed by atoms with Crippen molar-refractivity contribution in [3.63, 3.8) is 0 Å². The number of aliphatic carboxylic acids is 1. The molecule has 1 aromatic rings. The number of amides is 1. The van der Waals surface area contributed by atoms with E-state index >= 15 is 0 Å². The highest BCUT2D eigenvalue weighted by molar-refractivity contribution is 8.00. The van der Waals surface area contributed by atoms with Crippen molar-refractivity contribution in [3.05, 3.63) is 52.7 Å². The first kappa shape index (κ1) is 16.3. The van der Waals surface area contributed by atoms with Crippen molar-refractivity contribution in [2.24, 2.45) is 0 Å². The zero-order valence-electron chi connectivity index (χ0n) is 12.9. The highest BCUT2D eigenvalue weighted by Gasteiger charge is 2.47. The Morgan fingerprint density at radius 2 is 2.08 bits per heavy atom. The Balaban J connectivity index is 1.88. The van der Waals surface area contributed by atoms with E-state index in [-0.39, 0.29) is 23.6 Å². The van der Waals surface area contributed by atoms with Crippen LogP contribution in [0.25, 0.3) is 6.08 Å². The highest BCUT2D eigenvalue weighted by atomic mass is 32.2. The minimum absolute atomic E-state index is 0.153. The summed E-state index contributed by atoms with van der Waals surface area (Å²) < 4.78 is 4.87. The summed E-state index contributed by atoms with van der Waals surface area (Å²) >= 11 is 1.42. The van der Waals surface area contributed by atoms with E-state index in [1.165, 1.54) is 23.6 Å². The Labute approximate surface area is 142 Å². The molecule has 1 fully saturated rings. The minimum atomic E-state index is -1.44. The average molecular weight is 344 g/mol. The van der Waals surface area contributed by atoms with Crippen LogP contribution in [0.5, 0.6) is 0 Å². The van der Waals surface area contributed by atoms with Gasteiger partial charge in [0.15, 0.2) is 0 Å². The Morgan fingerprint density at radius 3 is 2.71 bits per heavy atom. The van der Waals surface area contributed by atoms with Crippen LogP contribution in [0.15, 0.2) is 47.2 Å². The van der Waals surface area contributed by atoms with Crippen molar-refractivity contribution in [2.45, 2.75) is 12.3 Å². The average Bonchev–Trinajstić information content (AvgIpc) is 2.57. The second-order valence-electron chi connectivity index (χ2n) is 5.37. The van der Waals surface area contributed by atoms with Crippen LogP contribution in [-0.2, 0) is 19.1 Å². The lowest BCUT2D eigenvalue weighted by Crippen LogP contribution is -2.58.